The summed E-state index contributed by atoms with van der Waals surface area (Å²) in [4.78, 5) is 40.5. The fourth-order valence-electron chi connectivity index (χ4n) is 5.51. The van der Waals surface area contributed by atoms with Crippen molar-refractivity contribution in [2.45, 2.75) is 43.8 Å². The van der Waals surface area contributed by atoms with Crippen molar-refractivity contribution in [2.75, 3.05) is 55.7 Å². The Morgan fingerprint density at radius 1 is 0.977 bits per heavy atom. The molecule has 1 aromatic heterocycles. The summed E-state index contributed by atoms with van der Waals surface area (Å²) in [5.74, 6) is 0.818. The van der Waals surface area contributed by atoms with Crippen LogP contribution < -0.4 is 9.80 Å². The molecular weight excluding hydrogens is 591 g/mol. The lowest BCUT2D eigenvalue weighted by Gasteiger charge is -2.37. The molecule has 0 N–H and O–H groups in total. The number of hydrogen-bond acceptors (Lipinski definition) is 8. The van der Waals surface area contributed by atoms with E-state index in [0.717, 1.165) is 36.0 Å². The van der Waals surface area contributed by atoms with E-state index in [9.17, 15) is 22.8 Å². The van der Waals surface area contributed by atoms with Gasteiger partial charge >= 0.3 is 12.1 Å². The summed E-state index contributed by atoms with van der Waals surface area (Å²) >= 11 is 1.50. The smallest absolute Gasteiger partial charge is 0.416 e. The van der Waals surface area contributed by atoms with Gasteiger partial charge in [-0.05, 0) is 62.6 Å². The molecule has 0 spiro atoms. The fourth-order valence-corrected chi connectivity index (χ4v) is 6.37. The molecule has 234 valence electrons. The van der Waals surface area contributed by atoms with Crippen LogP contribution in [0.4, 0.5) is 24.7 Å². The summed E-state index contributed by atoms with van der Waals surface area (Å²) in [5, 5.41) is 0.638. The molecular formula is C32H36F3N5O3S. The van der Waals surface area contributed by atoms with Gasteiger partial charge in [-0.25, -0.2) is 9.97 Å². The molecule has 1 unspecified atom stereocenters. The summed E-state index contributed by atoms with van der Waals surface area (Å²) in [7, 11) is 0. The lowest BCUT2D eigenvalue weighted by molar-refractivity contribution is -0.149. The van der Waals surface area contributed by atoms with Gasteiger partial charge in [-0.1, -0.05) is 30.0 Å². The highest BCUT2D eigenvalue weighted by Gasteiger charge is 2.32. The molecule has 0 saturated carbocycles. The molecule has 0 bridgehead atoms. The summed E-state index contributed by atoms with van der Waals surface area (Å²) in [5.41, 5.74) is 2.37. The molecule has 2 aliphatic heterocycles. The molecule has 1 amide bonds. The van der Waals surface area contributed by atoms with Gasteiger partial charge in [-0.2, -0.15) is 13.2 Å². The monoisotopic (exact) mass is 627 g/mol. The van der Waals surface area contributed by atoms with Crippen molar-refractivity contribution in [3.05, 3.63) is 77.0 Å². The van der Waals surface area contributed by atoms with Gasteiger partial charge in [-0.3, -0.25) is 9.59 Å². The van der Waals surface area contributed by atoms with E-state index in [1.807, 2.05) is 42.2 Å². The van der Waals surface area contributed by atoms with Gasteiger partial charge in [0.25, 0.3) is 5.91 Å². The van der Waals surface area contributed by atoms with Gasteiger partial charge in [0, 0.05) is 68.0 Å². The van der Waals surface area contributed by atoms with Gasteiger partial charge in [0.2, 0.25) is 0 Å². The van der Waals surface area contributed by atoms with Crippen LogP contribution in [0.2, 0.25) is 0 Å². The Morgan fingerprint density at radius 2 is 1.70 bits per heavy atom. The van der Waals surface area contributed by atoms with E-state index >= 15 is 0 Å². The molecule has 0 aliphatic carbocycles. The first-order chi connectivity index (χ1) is 21.1. The van der Waals surface area contributed by atoms with Crippen LogP contribution in [0.3, 0.4) is 0 Å². The molecule has 1 atom stereocenters. The number of halogens is 3. The number of alkyl halides is 3. The number of likely N-dealkylation sites (tertiary alicyclic amines) is 1. The maximum atomic E-state index is 13.2. The largest absolute Gasteiger partial charge is 0.466 e. The van der Waals surface area contributed by atoms with Crippen molar-refractivity contribution in [1.29, 1.82) is 0 Å². The SMILES string of the molecule is CCOC(=O)C1CCCN(C(=O)c2ccc(CSc3nc(C)cc(N4CCN(c5cccc(C(F)(F)F)c5)CC4)n3)cc2)C1. The van der Waals surface area contributed by atoms with Crippen LogP contribution in [0.15, 0.2) is 59.8 Å². The molecule has 5 rings (SSSR count). The number of hydrogen-bond donors (Lipinski definition) is 0. The third kappa shape index (κ3) is 7.82. The Kier molecular flexibility index (Phi) is 9.97. The molecule has 3 heterocycles. The van der Waals surface area contributed by atoms with E-state index in [4.69, 9.17) is 9.72 Å². The third-order valence-corrected chi connectivity index (χ3v) is 8.78. The summed E-state index contributed by atoms with van der Waals surface area (Å²) in [6.45, 7) is 7.46. The van der Waals surface area contributed by atoms with E-state index in [1.54, 1.807) is 17.9 Å². The summed E-state index contributed by atoms with van der Waals surface area (Å²) in [6.07, 6.45) is -2.86. The first-order valence-electron chi connectivity index (χ1n) is 14.8. The third-order valence-electron chi connectivity index (χ3n) is 7.86. The number of carbonyl (C=O) groups is 2. The fraction of sp³-hybridized carbons (Fsp3) is 0.438. The number of amides is 1. The second-order valence-electron chi connectivity index (χ2n) is 11.0. The van der Waals surface area contributed by atoms with Gasteiger partial charge in [-0.15, -0.1) is 0 Å². The van der Waals surface area contributed by atoms with Gasteiger partial charge in [0.15, 0.2) is 5.16 Å². The molecule has 8 nitrogen and oxygen atoms in total. The van der Waals surface area contributed by atoms with Crippen molar-refractivity contribution in [2.24, 2.45) is 5.92 Å². The number of nitrogens with zero attached hydrogens (tertiary/aromatic N) is 5. The van der Waals surface area contributed by atoms with E-state index in [2.05, 4.69) is 9.88 Å². The summed E-state index contributed by atoms with van der Waals surface area (Å²) in [6, 6.07) is 14.9. The zero-order valence-electron chi connectivity index (χ0n) is 24.8. The predicted molar refractivity (Wildman–Crippen MR) is 164 cm³/mol. The number of carbonyl (C=O) groups excluding carboxylic acids is 2. The number of ether oxygens (including phenoxy) is 1. The minimum Gasteiger partial charge on any atom is -0.466 e. The zero-order chi connectivity index (χ0) is 31.3. The Bertz CT molecular complexity index is 1460. The number of aromatic nitrogens is 2. The molecule has 2 fully saturated rings. The van der Waals surface area contributed by atoms with Crippen molar-refractivity contribution < 1.29 is 27.5 Å². The molecule has 3 aromatic rings. The van der Waals surface area contributed by atoms with E-state index in [1.165, 1.54) is 23.9 Å². The quantitative estimate of drug-likeness (QED) is 0.175. The first kappa shape index (κ1) is 31.6. The van der Waals surface area contributed by atoms with Crippen LogP contribution in [0.1, 0.15) is 46.9 Å². The molecule has 2 aliphatic rings. The Morgan fingerprint density at radius 3 is 2.41 bits per heavy atom. The van der Waals surface area contributed by atoms with Gasteiger partial charge in [0.05, 0.1) is 18.1 Å². The molecule has 0 radical (unpaired) electrons. The van der Waals surface area contributed by atoms with E-state index in [0.29, 0.717) is 68.0 Å². The van der Waals surface area contributed by atoms with Crippen molar-refractivity contribution in [3.63, 3.8) is 0 Å². The highest BCUT2D eigenvalue weighted by molar-refractivity contribution is 7.98. The Labute approximate surface area is 259 Å². The average Bonchev–Trinajstić information content (AvgIpc) is 3.03. The highest BCUT2D eigenvalue weighted by Crippen LogP contribution is 2.32. The van der Waals surface area contributed by atoms with Gasteiger partial charge in [0.1, 0.15) is 5.82 Å². The van der Waals surface area contributed by atoms with E-state index < -0.39 is 11.7 Å². The van der Waals surface area contributed by atoms with Crippen LogP contribution in [0, 0.1) is 12.8 Å². The minimum absolute atomic E-state index is 0.0852. The second kappa shape index (κ2) is 13.9. The Balaban J connectivity index is 1.16. The highest BCUT2D eigenvalue weighted by atomic mass is 32.2. The van der Waals surface area contributed by atoms with Crippen LogP contribution >= 0.6 is 11.8 Å². The lowest BCUT2D eigenvalue weighted by atomic mass is 9.97. The normalized spacial score (nSPS) is 17.5. The van der Waals surface area contributed by atoms with E-state index in [-0.39, 0.29) is 17.8 Å². The number of rotatable bonds is 8. The molecule has 44 heavy (non-hydrogen) atoms. The Hall–Kier alpha value is -3.80. The molecule has 2 aromatic carbocycles. The standard InChI is InChI=1S/C32H36F3N5O3S/c1-3-43-30(42)25-6-5-13-40(20-25)29(41)24-11-9-23(10-12-24)21-44-31-36-22(2)18-28(37-31)39-16-14-38(15-17-39)27-8-4-7-26(19-27)32(33,34)35/h4,7-12,18-19,25H,3,5-6,13-17,20-21H2,1-2H3. The number of benzene rings is 2. The van der Waals surface area contributed by atoms with Crippen molar-refractivity contribution in [1.82, 2.24) is 14.9 Å². The maximum Gasteiger partial charge on any atom is 0.416 e. The number of aryl methyl sites for hydroxylation is 1. The lowest BCUT2D eigenvalue weighted by Crippen LogP contribution is -2.47. The summed E-state index contributed by atoms with van der Waals surface area (Å²) < 4.78 is 44.7. The van der Waals surface area contributed by atoms with Crippen LogP contribution in [-0.4, -0.2) is 72.6 Å². The zero-order valence-corrected chi connectivity index (χ0v) is 25.7. The van der Waals surface area contributed by atoms with Gasteiger partial charge < -0.3 is 19.4 Å². The minimum atomic E-state index is -4.37. The van der Waals surface area contributed by atoms with Crippen LogP contribution in [0.5, 0.6) is 0 Å². The molecule has 2 saturated heterocycles. The van der Waals surface area contributed by atoms with Crippen molar-refractivity contribution >= 4 is 35.1 Å². The molecule has 12 heteroatoms. The van der Waals surface area contributed by atoms with Crippen LogP contribution in [-0.2, 0) is 21.5 Å². The number of anilines is 2. The topological polar surface area (TPSA) is 78.9 Å². The van der Waals surface area contributed by atoms with Crippen molar-refractivity contribution in [3.8, 4) is 0 Å². The van der Waals surface area contributed by atoms with Crippen LogP contribution in [0.25, 0.3) is 0 Å². The number of esters is 1. The first-order valence-corrected chi connectivity index (χ1v) is 15.8. The number of piperazine rings is 1. The average molecular weight is 628 g/mol. The number of piperidine rings is 1. The second-order valence-corrected chi connectivity index (χ2v) is 11.9. The predicted octanol–water partition coefficient (Wildman–Crippen LogP) is 5.84. The maximum absolute atomic E-state index is 13.2. The number of thioether (sulfide) groups is 1.